The molecule has 0 aliphatic carbocycles. The van der Waals surface area contributed by atoms with E-state index in [1.165, 1.54) is 24.2 Å². The fourth-order valence-corrected chi connectivity index (χ4v) is 3.00. The van der Waals surface area contributed by atoms with Crippen molar-refractivity contribution in [1.82, 2.24) is 24.7 Å². The van der Waals surface area contributed by atoms with Gasteiger partial charge in [0.25, 0.3) is 0 Å². The second-order valence-electron chi connectivity index (χ2n) is 4.19. The minimum Gasteiger partial charge on any atom is -0.306 e. The molecule has 0 amide bonds. The number of fused-ring (bicyclic) bond motifs is 1. The van der Waals surface area contributed by atoms with Crippen LogP contribution in [0.15, 0.2) is 34.7 Å². The summed E-state index contributed by atoms with van der Waals surface area (Å²) in [5.41, 5.74) is 0.323. The summed E-state index contributed by atoms with van der Waals surface area (Å²) in [6.07, 6.45) is 1.37. The maximum absolute atomic E-state index is 13.7. The summed E-state index contributed by atoms with van der Waals surface area (Å²) in [6.45, 7) is 4.70. The van der Waals surface area contributed by atoms with Gasteiger partial charge in [-0.25, -0.2) is 14.4 Å². The van der Waals surface area contributed by atoms with Crippen LogP contribution in [-0.2, 0) is 6.54 Å². The summed E-state index contributed by atoms with van der Waals surface area (Å²) in [7, 11) is 0. The number of benzene rings is 1. The van der Waals surface area contributed by atoms with E-state index in [0.717, 1.165) is 17.5 Å². The van der Waals surface area contributed by atoms with E-state index in [1.54, 1.807) is 12.1 Å². The first-order valence-electron chi connectivity index (χ1n) is 6.17. The SMILES string of the molecule is CCn1c(C)nnc1Sc1ncnc2c(F)cccc12. The number of para-hydroxylation sites is 1. The molecule has 0 spiro atoms. The average molecular weight is 289 g/mol. The van der Waals surface area contributed by atoms with Gasteiger partial charge >= 0.3 is 0 Å². The predicted octanol–water partition coefficient (Wildman–Crippen LogP) is 2.84. The van der Waals surface area contributed by atoms with Gasteiger partial charge < -0.3 is 4.57 Å². The molecule has 0 aliphatic heterocycles. The molecule has 0 fully saturated rings. The summed E-state index contributed by atoms with van der Waals surface area (Å²) in [5, 5.41) is 10.3. The summed E-state index contributed by atoms with van der Waals surface area (Å²) in [4.78, 5) is 8.22. The minimum absolute atomic E-state index is 0.323. The third-order valence-corrected chi connectivity index (χ3v) is 3.99. The van der Waals surface area contributed by atoms with Crippen LogP contribution in [-0.4, -0.2) is 24.7 Å². The van der Waals surface area contributed by atoms with E-state index in [4.69, 9.17) is 0 Å². The number of aryl methyl sites for hydroxylation is 1. The number of hydrogen-bond acceptors (Lipinski definition) is 5. The third kappa shape index (κ3) is 2.14. The van der Waals surface area contributed by atoms with Crippen LogP contribution in [0.3, 0.4) is 0 Å². The summed E-state index contributed by atoms with van der Waals surface area (Å²) in [6, 6.07) is 4.85. The molecule has 1 aromatic carbocycles. The Morgan fingerprint density at radius 2 is 2.10 bits per heavy atom. The van der Waals surface area contributed by atoms with Crippen molar-refractivity contribution >= 4 is 22.7 Å². The second-order valence-corrected chi connectivity index (χ2v) is 5.15. The van der Waals surface area contributed by atoms with Gasteiger partial charge in [0.15, 0.2) is 5.16 Å². The smallest absolute Gasteiger partial charge is 0.197 e. The molecular weight excluding hydrogens is 277 g/mol. The van der Waals surface area contributed by atoms with E-state index in [-0.39, 0.29) is 5.82 Å². The minimum atomic E-state index is -0.347. The topological polar surface area (TPSA) is 56.5 Å². The lowest BCUT2D eigenvalue weighted by atomic mass is 10.2. The number of aromatic nitrogens is 5. The Morgan fingerprint density at radius 1 is 1.25 bits per heavy atom. The predicted molar refractivity (Wildman–Crippen MR) is 74.1 cm³/mol. The van der Waals surface area contributed by atoms with Gasteiger partial charge in [0, 0.05) is 11.9 Å². The lowest BCUT2D eigenvalue weighted by molar-refractivity contribution is 0.636. The first-order valence-corrected chi connectivity index (χ1v) is 6.99. The Hall–Kier alpha value is -2.02. The van der Waals surface area contributed by atoms with Crippen LogP contribution < -0.4 is 0 Å². The molecule has 2 heterocycles. The van der Waals surface area contributed by atoms with Crippen molar-refractivity contribution in [2.75, 3.05) is 0 Å². The monoisotopic (exact) mass is 289 g/mol. The van der Waals surface area contributed by atoms with E-state index in [9.17, 15) is 4.39 Å². The Morgan fingerprint density at radius 3 is 2.90 bits per heavy atom. The normalized spacial score (nSPS) is 11.2. The van der Waals surface area contributed by atoms with Crippen molar-refractivity contribution in [2.24, 2.45) is 0 Å². The highest BCUT2D eigenvalue weighted by Crippen LogP contribution is 2.30. The molecule has 0 atom stereocenters. The molecule has 7 heteroatoms. The number of rotatable bonds is 3. The highest BCUT2D eigenvalue weighted by molar-refractivity contribution is 7.99. The zero-order chi connectivity index (χ0) is 14.1. The number of hydrogen-bond donors (Lipinski definition) is 0. The van der Waals surface area contributed by atoms with E-state index in [2.05, 4.69) is 20.2 Å². The second kappa shape index (κ2) is 5.16. The molecule has 5 nitrogen and oxygen atoms in total. The Kier molecular flexibility index (Phi) is 3.35. The van der Waals surface area contributed by atoms with Gasteiger partial charge in [-0.3, -0.25) is 0 Å². The van der Waals surface area contributed by atoms with Crippen LogP contribution >= 0.6 is 11.8 Å². The molecule has 0 bridgehead atoms. The molecule has 0 saturated carbocycles. The van der Waals surface area contributed by atoms with Crippen LogP contribution in [0.25, 0.3) is 10.9 Å². The Balaban J connectivity index is 2.09. The lowest BCUT2D eigenvalue weighted by Crippen LogP contribution is -1.99. The molecule has 0 radical (unpaired) electrons. The molecular formula is C13H12FN5S. The molecule has 0 unspecified atom stereocenters. The van der Waals surface area contributed by atoms with Crippen LogP contribution in [0.2, 0.25) is 0 Å². The van der Waals surface area contributed by atoms with Gasteiger partial charge in [0.05, 0.1) is 0 Å². The van der Waals surface area contributed by atoms with E-state index >= 15 is 0 Å². The van der Waals surface area contributed by atoms with Gasteiger partial charge in [0.1, 0.15) is 28.5 Å². The first-order chi connectivity index (χ1) is 9.70. The molecule has 2 aromatic heterocycles. The highest BCUT2D eigenvalue weighted by Gasteiger charge is 2.13. The van der Waals surface area contributed by atoms with Gasteiger partial charge in [-0.1, -0.05) is 6.07 Å². The molecule has 0 N–H and O–H groups in total. The van der Waals surface area contributed by atoms with E-state index in [1.807, 2.05) is 18.4 Å². The van der Waals surface area contributed by atoms with Gasteiger partial charge in [-0.05, 0) is 37.7 Å². The Labute approximate surface area is 119 Å². The largest absolute Gasteiger partial charge is 0.306 e. The van der Waals surface area contributed by atoms with Crippen molar-refractivity contribution in [2.45, 2.75) is 30.6 Å². The summed E-state index contributed by atoms with van der Waals surface area (Å²) < 4.78 is 15.7. The van der Waals surface area contributed by atoms with Gasteiger partial charge in [-0.2, -0.15) is 0 Å². The molecule has 0 saturated heterocycles. The van der Waals surface area contributed by atoms with Crippen molar-refractivity contribution in [1.29, 1.82) is 0 Å². The average Bonchev–Trinajstić information content (AvgIpc) is 2.80. The molecule has 102 valence electrons. The number of nitrogens with zero attached hydrogens (tertiary/aromatic N) is 5. The standard InChI is InChI=1S/C13H12FN5S/c1-3-19-8(2)17-18-13(19)20-12-9-5-4-6-10(14)11(9)15-7-16-12/h4-7H,3H2,1-2H3. The summed E-state index contributed by atoms with van der Waals surface area (Å²) in [5.74, 6) is 0.499. The van der Waals surface area contributed by atoms with Crippen LogP contribution in [0, 0.1) is 12.7 Å². The van der Waals surface area contributed by atoms with Crippen molar-refractivity contribution in [3.63, 3.8) is 0 Å². The molecule has 20 heavy (non-hydrogen) atoms. The van der Waals surface area contributed by atoms with Crippen molar-refractivity contribution in [3.05, 3.63) is 36.2 Å². The van der Waals surface area contributed by atoms with Crippen LogP contribution in [0.1, 0.15) is 12.7 Å². The van der Waals surface area contributed by atoms with Crippen molar-refractivity contribution < 1.29 is 4.39 Å². The molecule has 3 rings (SSSR count). The fraction of sp³-hybridized carbons (Fsp3) is 0.231. The summed E-state index contributed by atoms with van der Waals surface area (Å²) >= 11 is 1.37. The van der Waals surface area contributed by atoms with Gasteiger partial charge in [-0.15, -0.1) is 10.2 Å². The lowest BCUT2D eigenvalue weighted by Gasteiger charge is -2.06. The zero-order valence-electron chi connectivity index (χ0n) is 11.0. The zero-order valence-corrected chi connectivity index (χ0v) is 11.9. The molecule has 0 aliphatic rings. The highest BCUT2D eigenvalue weighted by atomic mass is 32.2. The van der Waals surface area contributed by atoms with Crippen LogP contribution in [0.4, 0.5) is 4.39 Å². The van der Waals surface area contributed by atoms with E-state index < -0.39 is 0 Å². The van der Waals surface area contributed by atoms with E-state index in [0.29, 0.717) is 15.9 Å². The quantitative estimate of drug-likeness (QED) is 0.694. The third-order valence-electron chi connectivity index (χ3n) is 2.99. The Bertz CT molecular complexity index is 771. The van der Waals surface area contributed by atoms with Gasteiger partial charge in [0.2, 0.25) is 0 Å². The number of halogens is 1. The fourth-order valence-electron chi connectivity index (χ4n) is 2.00. The van der Waals surface area contributed by atoms with Crippen molar-refractivity contribution in [3.8, 4) is 0 Å². The van der Waals surface area contributed by atoms with Crippen LogP contribution in [0.5, 0.6) is 0 Å². The first kappa shape index (κ1) is 13.0. The maximum Gasteiger partial charge on any atom is 0.197 e. The molecule has 3 aromatic rings. The maximum atomic E-state index is 13.7.